The maximum absolute atomic E-state index is 12.4. The van der Waals surface area contributed by atoms with E-state index in [1.54, 1.807) is 38.1 Å². The summed E-state index contributed by atoms with van der Waals surface area (Å²) in [5.41, 5.74) is 1.46. The number of ether oxygens (including phenoxy) is 1. The van der Waals surface area contributed by atoms with Crippen LogP contribution in [-0.2, 0) is 27.4 Å². The second kappa shape index (κ2) is 8.33. The van der Waals surface area contributed by atoms with Crippen molar-refractivity contribution >= 4 is 11.7 Å². The molecule has 0 saturated carbocycles. The van der Waals surface area contributed by atoms with Gasteiger partial charge in [0, 0.05) is 0 Å². The Morgan fingerprint density at radius 1 is 1.08 bits per heavy atom. The first-order chi connectivity index (χ1) is 12.0. The summed E-state index contributed by atoms with van der Waals surface area (Å²) in [5.74, 6) is -0.203. The molecule has 0 saturated heterocycles. The molecular formula is C20H23NO4. The van der Waals surface area contributed by atoms with Gasteiger partial charge in [0.25, 0.3) is 0 Å². The molecule has 2 rings (SSSR count). The molecule has 0 aromatic heterocycles. The Hall–Kier alpha value is -2.82. The van der Waals surface area contributed by atoms with Gasteiger partial charge in [-0.25, -0.2) is 0 Å². The van der Waals surface area contributed by atoms with E-state index in [-0.39, 0.29) is 11.7 Å². The largest absolute Gasteiger partial charge is 0.508 e. The lowest BCUT2D eigenvalue weighted by atomic mass is 9.79. The fourth-order valence-corrected chi connectivity index (χ4v) is 2.47. The molecule has 5 heteroatoms. The Labute approximate surface area is 147 Å². The van der Waals surface area contributed by atoms with Crippen molar-refractivity contribution in [2.24, 2.45) is 10.6 Å². The summed E-state index contributed by atoms with van der Waals surface area (Å²) >= 11 is 0. The number of carbonyl (C=O) groups excluding carboxylic acids is 1. The van der Waals surface area contributed by atoms with Crippen molar-refractivity contribution in [3.05, 3.63) is 65.7 Å². The summed E-state index contributed by atoms with van der Waals surface area (Å²) in [6.45, 7) is 3.85. The first kappa shape index (κ1) is 18.5. The molecule has 0 aliphatic rings. The smallest absolute Gasteiger partial charge is 0.317 e. The summed E-state index contributed by atoms with van der Waals surface area (Å²) in [4.78, 5) is 17.8. The minimum absolute atomic E-state index is 0.181. The number of carbonyl (C=O) groups is 1. The average Bonchev–Trinajstić information content (AvgIpc) is 2.63. The van der Waals surface area contributed by atoms with E-state index < -0.39 is 5.41 Å². The van der Waals surface area contributed by atoms with Gasteiger partial charge in [-0.05, 0) is 43.5 Å². The third-order valence-corrected chi connectivity index (χ3v) is 4.20. The molecule has 1 atom stereocenters. The zero-order valence-corrected chi connectivity index (χ0v) is 14.7. The molecule has 1 N–H and O–H groups in total. The first-order valence-corrected chi connectivity index (χ1v) is 8.03. The van der Waals surface area contributed by atoms with Crippen LogP contribution in [0, 0.1) is 5.41 Å². The van der Waals surface area contributed by atoms with Crippen molar-refractivity contribution in [3.63, 3.8) is 0 Å². The van der Waals surface area contributed by atoms with Crippen LogP contribution in [0.5, 0.6) is 5.75 Å². The molecule has 1 unspecified atom stereocenters. The zero-order chi connectivity index (χ0) is 18.3. The van der Waals surface area contributed by atoms with E-state index in [0.717, 1.165) is 11.1 Å². The monoisotopic (exact) mass is 341 g/mol. The molecular weight excluding hydrogens is 318 g/mol. The number of aromatic hydroxyl groups is 1. The highest BCUT2D eigenvalue weighted by atomic mass is 16.6. The lowest BCUT2D eigenvalue weighted by molar-refractivity contribution is -0.147. The highest BCUT2D eigenvalue weighted by Crippen LogP contribution is 2.27. The van der Waals surface area contributed by atoms with Crippen LogP contribution in [0.2, 0.25) is 0 Å². The van der Waals surface area contributed by atoms with Crippen LogP contribution in [-0.4, -0.2) is 23.9 Å². The third kappa shape index (κ3) is 4.83. The first-order valence-electron chi connectivity index (χ1n) is 8.03. The molecule has 0 bridgehead atoms. The summed E-state index contributed by atoms with van der Waals surface area (Å²) < 4.78 is 4.97. The molecule has 0 radical (unpaired) electrons. The van der Waals surface area contributed by atoms with E-state index in [1.807, 2.05) is 30.3 Å². The van der Waals surface area contributed by atoms with Crippen molar-refractivity contribution in [2.45, 2.75) is 26.9 Å². The standard InChI is InChI=1S/C20H23NO4/c1-15(21-25-14-17-7-5-4-6-8-17)20(2,19(23)24-3)13-16-9-11-18(22)12-10-16/h4-12,22H,13-14H2,1-3H3. The number of esters is 1. The Kier molecular flexibility index (Phi) is 6.17. The van der Waals surface area contributed by atoms with Gasteiger partial charge in [0.1, 0.15) is 17.8 Å². The molecule has 0 aliphatic heterocycles. The molecule has 25 heavy (non-hydrogen) atoms. The maximum atomic E-state index is 12.4. The third-order valence-electron chi connectivity index (χ3n) is 4.20. The Bertz CT molecular complexity index is 725. The maximum Gasteiger partial charge on any atom is 0.317 e. The number of hydrogen-bond donors (Lipinski definition) is 1. The van der Waals surface area contributed by atoms with E-state index in [2.05, 4.69) is 5.16 Å². The molecule has 5 nitrogen and oxygen atoms in total. The number of nitrogens with zero attached hydrogens (tertiary/aromatic N) is 1. The van der Waals surface area contributed by atoms with Gasteiger partial charge >= 0.3 is 5.97 Å². The molecule has 0 fully saturated rings. The number of phenolic OH excluding ortho intramolecular Hbond substituents is 1. The Balaban J connectivity index is 2.15. The topological polar surface area (TPSA) is 68.1 Å². The van der Waals surface area contributed by atoms with Gasteiger partial charge in [0.2, 0.25) is 0 Å². The number of benzene rings is 2. The quantitative estimate of drug-likeness (QED) is 0.474. The second-order valence-electron chi connectivity index (χ2n) is 6.10. The summed E-state index contributed by atoms with van der Waals surface area (Å²) in [6.07, 6.45) is 0.393. The highest BCUT2D eigenvalue weighted by Gasteiger charge is 2.38. The molecule has 2 aromatic carbocycles. The fourth-order valence-electron chi connectivity index (χ4n) is 2.47. The van der Waals surface area contributed by atoms with E-state index in [9.17, 15) is 9.90 Å². The zero-order valence-electron chi connectivity index (χ0n) is 14.7. The SMILES string of the molecule is COC(=O)C(C)(Cc1ccc(O)cc1)C(C)=NOCc1ccccc1. The minimum Gasteiger partial charge on any atom is -0.508 e. The molecule has 0 aliphatic carbocycles. The minimum atomic E-state index is -0.956. The summed E-state index contributed by atoms with van der Waals surface area (Å²) in [5, 5.41) is 13.5. The average molecular weight is 341 g/mol. The molecule has 2 aromatic rings. The number of hydrogen-bond acceptors (Lipinski definition) is 5. The highest BCUT2D eigenvalue weighted by molar-refractivity contribution is 6.05. The van der Waals surface area contributed by atoms with Gasteiger partial charge in [0.05, 0.1) is 12.8 Å². The van der Waals surface area contributed by atoms with E-state index in [0.29, 0.717) is 18.7 Å². The van der Waals surface area contributed by atoms with Gasteiger partial charge in [-0.15, -0.1) is 0 Å². The molecule has 0 heterocycles. The molecule has 0 amide bonds. The number of rotatable bonds is 7. The van der Waals surface area contributed by atoms with Crippen LogP contribution in [0.3, 0.4) is 0 Å². The number of oxime groups is 1. The van der Waals surface area contributed by atoms with Crippen LogP contribution in [0.1, 0.15) is 25.0 Å². The summed E-state index contributed by atoms with van der Waals surface area (Å²) in [7, 11) is 1.36. The second-order valence-corrected chi connectivity index (χ2v) is 6.10. The van der Waals surface area contributed by atoms with Crippen molar-refractivity contribution in [1.82, 2.24) is 0 Å². The molecule has 0 spiro atoms. The fraction of sp³-hybridized carbons (Fsp3) is 0.300. The van der Waals surface area contributed by atoms with Crippen molar-refractivity contribution in [3.8, 4) is 5.75 Å². The lowest BCUT2D eigenvalue weighted by Crippen LogP contribution is -2.38. The van der Waals surface area contributed by atoms with Crippen LogP contribution in [0.15, 0.2) is 59.8 Å². The van der Waals surface area contributed by atoms with E-state index in [4.69, 9.17) is 9.57 Å². The van der Waals surface area contributed by atoms with Gasteiger partial charge in [0.15, 0.2) is 0 Å². The van der Waals surface area contributed by atoms with Crippen LogP contribution in [0.4, 0.5) is 0 Å². The lowest BCUT2D eigenvalue weighted by Gasteiger charge is -2.26. The summed E-state index contributed by atoms with van der Waals surface area (Å²) in [6, 6.07) is 16.4. The van der Waals surface area contributed by atoms with Gasteiger partial charge in [-0.1, -0.05) is 47.6 Å². The van der Waals surface area contributed by atoms with Crippen molar-refractivity contribution in [2.75, 3.05) is 7.11 Å². The van der Waals surface area contributed by atoms with Gasteiger partial charge < -0.3 is 14.7 Å². The van der Waals surface area contributed by atoms with E-state index >= 15 is 0 Å². The predicted molar refractivity (Wildman–Crippen MR) is 96.3 cm³/mol. The molecule has 132 valence electrons. The van der Waals surface area contributed by atoms with Crippen LogP contribution < -0.4 is 0 Å². The van der Waals surface area contributed by atoms with Crippen LogP contribution >= 0.6 is 0 Å². The number of methoxy groups -OCH3 is 1. The Morgan fingerprint density at radius 3 is 2.32 bits per heavy atom. The van der Waals surface area contributed by atoms with Gasteiger partial charge in [-0.3, -0.25) is 4.79 Å². The van der Waals surface area contributed by atoms with Crippen molar-refractivity contribution < 1.29 is 19.5 Å². The predicted octanol–water partition coefficient (Wildman–Crippen LogP) is 3.71. The Morgan fingerprint density at radius 2 is 1.72 bits per heavy atom. The normalized spacial score (nSPS) is 13.8. The van der Waals surface area contributed by atoms with Crippen LogP contribution in [0.25, 0.3) is 0 Å². The van der Waals surface area contributed by atoms with E-state index in [1.165, 1.54) is 7.11 Å². The van der Waals surface area contributed by atoms with Gasteiger partial charge in [-0.2, -0.15) is 0 Å². The number of phenols is 1. The van der Waals surface area contributed by atoms with Crippen molar-refractivity contribution in [1.29, 1.82) is 0 Å².